The number of allylic oxidation sites excluding steroid dienone is 4. The lowest BCUT2D eigenvalue weighted by Gasteiger charge is -2.45. The fourth-order valence-electron chi connectivity index (χ4n) is 4.64. The Morgan fingerprint density at radius 1 is 1.06 bits per heavy atom. The van der Waals surface area contributed by atoms with Crippen LogP contribution in [0, 0.1) is 23.2 Å². The van der Waals surface area contributed by atoms with Gasteiger partial charge < -0.3 is 0 Å². The lowest BCUT2D eigenvalue weighted by atomic mass is 9.60. The minimum Gasteiger partial charge on any atom is -0.0851 e. The first-order valence-corrected chi connectivity index (χ1v) is 7.22. The molecule has 16 heavy (non-hydrogen) atoms. The molecule has 0 aromatic carbocycles. The van der Waals surface area contributed by atoms with Crippen molar-refractivity contribution in [2.24, 2.45) is 23.2 Å². The molecule has 0 amide bonds. The molecule has 4 aliphatic rings. The van der Waals surface area contributed by atoms with Gasteiger partial charge in [0.2, 0.25) is 0 Å². The molecule has 3 unspecified atom stereocenters. The zero-order valence-corrected chi connectivity index (χ0v) is 10.1. The minimum atomic E-state index is 0.789. The zero-order valence-electron chi connectivity index (χ0n) is 10.1. The fourth-order valence-corrected chi connectivity index (χ4v) is 4.64. The molecule has 86 valence electrons. The Kier molecular flexibility index (Phi) is 1.93. The monoisotopic (exact) mass is 214 g/mol. The van der Waals surface area contributed by atoms with Crippen LogP contribution in [0.1, 0.15) is 51.4 Å². The molecule has 0 saturated heterocycles. The van der Waals surface area contributed by atoms with Crippen LogP contribution >= 0.6 is 0 Å². The second kappa shape index (κ2) is 3.24. The first-order valence-electron chi connectivity index (χ1n) is 7.22. The van der Waals surface area contributed by atoms with Gasteiger partial charge in [0, 0.05) is 0 Å². The van der Waals surface area contributed by atoms with Crippen molar-refractivity contribution in [2.45, 2.75) is 51.4 Å². The Hall–Kier alpha value is -0.520. The van der Waals surface area contributed by atoms with Crippen LogP contribution in [-0.2, 0) is 0 Å². The smallest absolute Gasteiger partial charge is 0.0134 e. The highest BCUT2D eigenvalue weighted by molar-refractivity contribution is 5.23. The van der Waals surface area contributed by atoms with Gasteiger partial charge >= 0.3 is 0 Å². The van der Waals surface area contributed by atoms with Gasteiger partial charge in [-0.1, -0.05) is 30.2 Å². The van der Waals surface area contributed by atoms with Crippen molar-refractivity contribution >= 4 is 0 Å². The van der Waals surface area contributed by atoms with E-state index >= 15 is 0 Å². The van der Waals surface area contributed by atoms with E-state index in [4.69, 9.17) is 0 Å². The maximum absolute atomic E-state index is 2.65. The summed E-state index contributed by atoms with van der Waals surface area (Å²) in [4.78, 5) is 0. The first kappa shape index (κ1) is 9.50. The van der Waals surface area contributed by atoms with E-state index < -0.39 is 0 Å². The summed E-state index contributed by atoms with van der Waals surface area (Å²) < 4.78 is 0. The van der Waals surface area contributed by atoms with Crippen molar-refractivity contribution in [2.75, 3.05) is 0 Å². The lowest BCUT2D eigenvalue weighted by Crippen LogP contribution is -2.31. The standard InChI is InChI=1S/C16H22/c1-6-16(7-1)8-4-13(5-9-16)15-11-12-2-3-14(15)10-12/h2-4,12,14-15H,1,5-11H2. The van der Waals surface area contributed by atoms with E-state index in [0.717, 1.165) is 23.2 Å². The molecule has 0 heteroatoms. The highest BCUT2D eigenvalue weighted by Gasteiger charge is 2.42. The quantitative estimate of drug-likeness (QED) is 0.565. The number of rotatable bonds is 1. The third-order valence-electron chi connectivity index (χ3n) is 5.91. The SMILES string of the molecule is C1=CC2CC1CC2C1=CCC2(CCC2)CC1. The molecular formula is C16H22. The van der Waals surface area contributed by atoms with E-state index in [0.29, 0.717) is 0 Å². The second-order valence-corrected chi connectivity index (χ2v) is 6.72. The molecular weight excluding hydrogens is 192 g/mol. The molecule has 3 atom stereocenters. The van der Waals surface area contributed by atoms with E-state index in [1.54, 1.807) is 0 Å². The molecule has 4 aliphatic carbocycles. The van der Waals surface area contributed by atoms with Crippen LogP contribution in [-0.4, -0.2) is 0 Å². The number of hydrogen-bond donors (Lipinski definition) is 0. The van der Waals surface area contributed by atoms with Gasteiger partial charge in [0.05, 0.1) is 0 Å². The van der Waals surface area contributed by atoms with E-state index in [2.05, 4.69) is 18.2 Å². The van der Waals surface area contributed by atoms with Crippen molar-refractivity contribution in [3.05, 3.63) is 23.8 Å². The Morgan fingerprint density at radius 2 is 2.00 bits per heavy atom. The number of hydrogen-bond acceptors (Lipinski definition) is 0. The summed E-state index contributed by atoms with van der Waals surface area (Å²) in [6.45, 7) is 0. The molecule has 4 rings (SSSR count). The first-order chi connectivity index (χ1) is 7.85. The predicted octanol–water partition coefficient (Wildman–Crippen LogP) is 4.48. The Morgan fingerprint density at radius 3 is 2.50 bits per heavy atom. The van der Waals surface area contributed by atoms with Gasteiger partial charge in [0.15, 0.2) is 0 Å². The molecule has 0 aliphatic heterocycles. The molecule has 0 heterocycles. The van der Waals surface area contributed by atoms with Crippen molar-refractivity contribution in [1.29, 1.82) is 0 Å². The fraction of sp³-hybridized carbons (Fsp3) is 0.750. The van der Waals surface area contributed by atoms with Crippen LogP contribution < -0.4 is 0 Å². The summed E-state index contributed by atoms with van der Waals surface area (Å²) in [5.74, 6) is 2.81. The lowest BCUT2D eigenvalue weighted by molar-refractivity contribution is 0.114. The van der Waals surface area contributed by atoms with Gasteiger partial charge in [-0.2, -0.15) is 0 Å². The largest absolute Gasteiger partial charge is 0.0851 e. The second-order valence-electron chi connectivity index (χ2n) is 6.72. The van der Waals surface area contributed by atoms with Crippen LogP contribution in [0.25, 0.3) is 0 Å². The minimum absolute atomic E-state index is 0.789. The Balaban J connectivity index is 1.51. The normalized spacial score (nSPS) is 43.5. The van der Waals surface area contributed by atoms with E-state index in [-0.39, 0.29) is 0 Å². The third kappa shape index (κ3) is 1.28. The summed E-state index contributed by atoms with van der Waals surface area (Å²) in [5.41, 5.74) is 2.63. The van der Waals surface area contributed by atoms with Gasteiger partial charge in [0.25, 0.3) is 0 Å². The van der Waals surface area contributed by atoms with Crippen LogP contribution in [0.15, 0.2) is 23.8 Å². The molecule has 0 aromatic heterocycles. The average molecular weight is 214 g/mol. The van der Waals surface area contributed by atoms with Crippen LogP contribution in [0.5, 0.6) is 0 Å². The summed E-state index contributed by atoms with van der Waals surface area (Å²) in [7, 11) is 0. The van der Waals surface area contributed by atoms with Gasteiger partial charge in [-0.3, -0.25) is 0 Å². The van der Waals surface area contributed by atoms with Gasteiger partial charge in [0.1, 0.15) is 0 Å². The predicted molar refractivity (Wildman–Crippen MR) is 67.1 cm³/mol. The van der Waals surface area contributed by atoms with E-state index in [1.165, 1.54) is 51.4 Å². The van der Waals surface area contributed by atoms with Crippen LogP contribution in [0.4, 0.5) is 0 Å². The average Bonchev–Trinajstić information content (AvgIpc) is 2.89. The molecule has 0 nitrogen and oxygen atoms in total. The Labute approximate surface area is 98.8 Å². The highest BCUT2D eigenvalue weighted by Crippen LogP contribution is 2.54. The molecule has 2 bridgehead atoms. The van der Waals surface area contributed by atoms with Crippen molar-refractivity contribution in [3.8, 4) is 0 Å². The van der Waals surface area contributed by atoms with E-state index in [1.807, 2.05) is 5.57 Å². The van der Waals surface area contributed by atoms with Crippen LogP contribution in [0.2, 0.25) is 0 Å². The van der Waals surface area contributed by atoms with Gasteiger partial charge in [-0.05, 0) is 68.1 Å². The highest BCUT2D eigenvalue weighted by atomic mass is 14.5. The molecule has 0 aromatic rings. The van der Waals surface area contributed by atoms with E-state index in [9.17, 15) is 0 Å². The Bertz CT molecular complexity index is 356. The maximum atomic E-state index is 2.65. The molecule has 2 fully saturated rings. The molecule has 2 saturated carbocycles. The molecule has 1 spiro atoms. The zero-order chi connectivity index (χ0) is 10.6. The third-order valence-corrected chi connectivity index (χ3v) is 5.91. The molecule has 0 radical (unpaired) electrons. The van der Waals surface area contributed by atoms with Crippen molar-refractivity contribution < 1.29 is 0 Å². The van der Waals surface area contributed by atoms with Crippen molar-refractivity contribution in [1.82, 2.24) is 0 Å². The maximum Gasteiger partial charge on any atom is -0.0134 e. The van der Waals surface area contributed by atoms with Gasteiger partial charge in [-0.15, -0.1) is 0 Å². The van der Waals surface area contributed by atoms with Crippen LogP contribution in [0.3, 0.4) is 0 Å². The summed E-state index contributed by atoms with van der Waals surface area (Å²) in [6, 6.07) is 0. The van der Waals surface area contributed by atoms with Gasteiger partial charge in [-0.25, -0.2) is 0 Å². The topological polar surface area (TPSA) is 0 Å². The summed E-state index contributed by atoms with van der Waals surface area (Å²) >= 11 is 0. The number of fused-ring (bicyclic) bond motifs is 2. The van der Waals surface area contributed by atoms with Crippen molar-refractivity contribution in [3.63, 3.8) is 0 Å². The summed E-state index contributed by atoms with van der Waals surface area (Å²) in [6.07, 6.45) is 19.5. The summed E-state index contributed by atoms with van der Waals surface area (Å²) in [5, 5.41) is 0. The molecule has 0 N–H and O–H groups in total.